The third-order valence-electron chi connectivity index (χ3n) is 2.38. The van der Waals surface area contributed by atoms with Crippen molar-refractivity contribution in [1.82, 2.24) is 10.2 Å². The minimum absolute atomic E-state index is 0.164. The highest BCUT2D eigenvalue weighted by atomic mass is 16.1. The Hall–Kier alpha value is -1.05. The molecular weight excluding hydrogens is 178 g/mol. The third kappa shape index (κ3) is 3.02. The predicted molar refractivity (Wildman–Crippen MR) is 55.5 cm³/mol. The lowest BCUT2D eigenvalue weighted by molar-refractivity contribution is -0.123. The molecule has 0 saturated carbocycles. The van der Waals surface area contributed by atoms with Gasteiger partial charge in [0, 0.05) is 32.6 Å². The zero-order valence-corrected chi connectivity index (χ0v) is 8.55. The lowest BCUT2D eigenvalue weighted by Gasteiger charge is -2.33. The van der Waals surface area contributed by atoms with E-state index in [-0.39, 0.29) is 11.9 Å². The Balaban J connectivity index is 2.44. The summed E-state index contributed by atoms with van der Waals surface area (Å²) in [5.41, 5.74) is 5.31. The Labute approximate surface area is 84.8 Å². The molecule has 0 radical (unpaired) electrons. The van der Waals surface area contributed by atoms with Crippen LogP contribution in [0.25, 0.3) is 0 Å². The number of hydrogen-bond donors (Lipinski definition) is 2. The maximum Gasteiger partial charge on any atom is 0.236 e. The average molecular weight is 195 g/mol. The molecule has 4 heteroatoms. The molecule has 4 nitrogen and oxygen atoms in total. The summed E-state index contributed by atoms with van der Waals surface area (Å²) >= 11 is 0. The van der Waals surface area contributed by atoms with Gasteiger partial charge in [0.05, 0.1) is 0 Å². The standard InChI is InChI=1S/C10H17N3O/c1-2-3-4-6-13-7-5-12-8-9(13)10(11)14/h9,12H,4-8H2,1H3,(H2,11,14). The van der Waals surface area contributed by atoms with Crippen LogP contribution in [0.15, 0.2) is 0 Å². The predicted octanol–water partition coefficient (Wildman–Crippen LogP) is -0.841. The van der Waals surface area contributed by atoms with Gasteiger partial charge in [-0.2, -0.15) is 0 Å². The van der Waals surface area contributed by atoms with E-state index in [1.165, 1.54) is 0 Å². The maximum absolute atomic E-state index is 11.1. The number of hydrogen-bond acceptors (Lipinski definition) is 3. The third-order valence-corrected chi connectivity index (χ3v) is 2.38. The van der Waals surface area contributed by atoms with E-state index in [2.05, 4.69) is 22.1 Å². The number of carbonyl (C=O) groups is 1. The van der Waals surface area contributed by atoms with Crippen LogP contribution in [0.5, 0.6) is 0 Å². The van der Waals surface area contributed by atoms with E-state index in [4.69, 9.17) is 5.73 Å². The summed E-state index contributed by atoms with van der Waals surface area (Å²) in [5.74, 6) is 5.59. The van der Waals surface area contributed by atoms with Crippen LogP contribution in [0.1, 0.15) is 13.3 Å². The molecule has 0 spiro atoms. The van der Waals surface area contributed by atoms with Crippen molar-refractivity contribution in [2.75, 3.05) is 26.2 Å². The molecule has 1 atom stereocenters. The molecule has 1 fully saturated rings. The van der Waals surface area contributed by atoms with Gasteiger partial charge in [-0.1, -0.05) is 0 Å². The first-order valence-electron chi connectivity index (χ1n) is 4.89. The van der Waals surface area contributed by atoms with Gasteiger partial charge >= 0.3 is 0 Å². The van der Waals surface area contributed by atoms with Crippen molar-refractivity contribution in [2.45, 2.75) is 19.4 Å². The number of primary amides is 1. The summed E-state index contributed by atoms with van der Waals surface area (Å²) in [4.78, 5) is 13.2. The Morgan fingerprint density at radius 2 is 2.50 bits per heavy atom. The van der Waals surface area contributed by atoms with Crippen molar-refractivity contribution in [3.63, 3.8) is 0 Å². The fourth-order valence-electron chi connectivity index (χ4n) is 1.62. The van der Waals surface area contributed by atoms with Gasteiger partial charge in [-0.25, -0.2) is 0 Å². The fraction of sp³-hybridized carbons (Fsp3) is 0.700. The normalized spacial score (nSPS) is 22.5. The van der Waals surface area contributed by atoms with Crippen LogP contribution < -0.4 is 11.1 Å². The van der Waals surface area contributed by atoms with Gasteiger partial charge in [-0.15, -0.1) is 11.8 Å². The van der Waals surface area contributed by atoms with Gasteiger partial charge in [0.15, 0.2) is 0 Å². The zero-order valence-electron chi connectivity index (χ0n) is 8.55. The number of piperazine rings is 1. The Morgan fingerprint density at radius 1 is 1.71 bits per heavy atom. The largest absolute Gasteiger partial charge is 0.368 e. The van der Waals surface area contributed by atoms with Gasteiger partial charge < -0.3 is 11.1 Å². The number of carbonyl (C=O) groups excluding carboxylic acids is 1. The molecule has 0 aromatic heterocycles. The summed E-state index contributed by atoms with van der Waals surface area (Å²) in [6, 6.07) is -0.164. The van der Waals surface area contributed by atoms with Gasteiger partial charge in [0.2, 0.25) is 5.91 Å². The highest BCUT2D eigenvalue weighted by molar-refractivity contribution is 5.80. The van der Waals surface area contributed by atoms with E-state index in [0.717, 1.165) is 26.1 Å². The Kier molecular flexibility index (Phi) is 4.44. The molecule has 0 aromatic rings. The molecular formula is C10H17N3O. The van der Waals surface area contributed by atoms with Crippen molar-refractivity contribution < 1.29 is 4.79 Å². The number of nitrogens with one attached hydrogen (secondary N) is 1. The van der Waals surface area contributed by atoms with E-state index in [1.54, 1.807) is 0 Å². The minimum Gasteiger partial charge on any atom is -0.368 e. The van der Waals surface area contributed by atoms with Crippen LogP contribution in [-0.2, 0) is 4.79 Å². The van der Waals surface area contributed by atoms with Crippen molar-refractivity contribution >= 4 is 5.91 Å². The fourth-order valence-corrected chi connectivity index (χ4v) is 1.62. The molecule has 1 rings (SSSR count). The molecule has 1 amide bonds. The molecule has 1 aliphatic rings. The van der Waals surface area contributed by atoms with Crippen molar-refractivity contribution in [2.24, 2.45) is 5.73 Å². The summed E-state index contributed by atoms with van der Waals surface area (Å²) in [6.45, 7) is 5.11. The first-order chi connectivity index (χ1) is 6.75. The van der Waals surface area contributed by atoms with E-state index in [0.29, 0.717) is 6.54 Å². The molecule has 1 heterocycles. The Bertz CT molecular complexity index is 254. The smallest absolute Gasteiger partial charge is 0.236 e. The van der Waals surface area contributed by atoms with Gasteiger partial charge in [0.1, 0.15) is 6.04 Å². The van der Waals surface area contributed by atoms with E-state index in [9.17, 15) is 4.79 Å². The number of nitrogens with two attached hydrogens (primary N) is 1. The van der Waals surface area contributed by atoms with Gasteiger partial charge in [-0.05, 0) is 6.92 Å². The average Bonchev–Trinajstić information content (AvgIpc) is 2.19. The SMILES string of the molecule is CC#CCCN1CCNCC1C(N)=O. The molecule has 78 valence electrons. The summed E-state index contributed by atoms with van der Waals surface area (Å²) in [5, 5.41) is 3.16. The maximum atomic E-state index is 11.1. The van der Waals surface area contributed by atoms with Crippen molar-refractivity contribution in [3.8, 4) is 11.8 Å². The van der Waals surface area contributed by atoms with Crippen LogP contribution in [0.4, 0.5) is 0 Å². The second-order valence-corrected chi connectivity index (χ2v) is 3.34. The lowest BCUT2D eigenvalue weighted by Crippen LogP contribution is -2.56. The summed E-state index contributed by atoms with van der Waals surface area (Å²) < 4.78 is 0. The first-order valence-corrected chi connectivity index (χ1v) is 4.89. The number of nitrogens with zero attached hydrogens (tertiary/aromatic N) is 1. The molecule has 3 N–H and O–H groups in total. The molecule has 0 aliphatic carbocycles. The quantitative estimate of drug-likeness (QED) is 0.577. The van der Waals surface area contributed by atoms with Crippen LogP contribution >= 0.6 is 0 Å². The molecule has 1 saturated heterocycles. The first kappa shape index (κ1) is 11.0. The van der Waals surface area contributed by atoms with Gasteiger partial charge in [0.25, 0.3) is 0 Å². The van der Waals surface area contributed by atoms with Crippen molar-refractivity contribution in [1.29, 1.82) is 0 Å². The second kappa shape index (κ2) is 5.63. The van der Waals surface area contributed by atoms with Crippen LogP contribution in [0.3, 0.4) is 0 Å². The van der Waals surface area contributed by atoms with Gasteiger partial charge in [-0.3, -0.25) is 9.69 Å². The van der Waals surface area contributed by atoms with Crippen molar-refractivity contribution in [3.05, 3.63) is 0 Å². The lowest BCUT2D eigenvalue weighted by atomic mass is 10.1. The minimum atomic E-state index is -0.248. The highest BCUT2D eigenvalue weighted by Crippen LogP contribution is 2.03. The molecule has 14 heavy (non-hydrogen) atoms. The molecule has 0 bridgehead atoms. The van der Waals surface area contributed by atoms with E-state index in [1.807, 2.05) is 6.92 Å². The number of rotatable bonds is 3. The molecule has 1 unspecified atom stereocenters. The van der Waals surface area contributed by atoms with Crippen LogP contribution in [-0.4, -0.2) is 43.0 Å². The zero-order chi connectivity index (χ0) is 10.4. The van der Waals surface area contributed by atoms with E-state index < -0.39 is 0 Å². The topological polar surface area (TPSA) is 58.4 Å². The second-order valence-electron chi connectivity index (χ2n) is 3.34. The van der Waals surface area contributed by atoms with E-state index >= 15 is 0 Å². The summed E-state index contributed by atoms with van der Waals surface area (Å²) in [7, 11) is 0. The number of amides is 1. The van der Waals surface area contributed by atoms with Crippen LogP contribution in [0, 0.1) is 11.8 Å². The highest BCUT2D eigenvalue weighted by Gasteiger charge is 2.25. The molecule has 1 aliphatic heterocycles. The summed E-state index contributed by atoms with van der Waals surface area (Å²) in [6.07, 6.45) is 0.806. The molecule has 0 aromatic carbocycles. The van der Waals surface area contributed by atoms with Crippen LogP contribution in [0.2, 0.25) is 0 Å². The Morgan fingerprint density at radius 3 is 3.14 bits per heavy atom. The monoisotopic (exact) mass is 195 g/mol.